The maximum absolute atomic E-state index is 12.0. The topological polar surface area (TPSA) is 69.6 Å². The summed E-state index contributed by atoms with van der Waals surface area (Å²) >= 11 is 0. The van der Waals surface area contributed by atoms with Gasteiger partial charge in [-0.15, -0.1) is 0 Å². The van der Waals surface area contributed by atoms with Crippen molar-refractivity contribution in [2.75, 3.05) is 20.1 Å². The van der Waals surface area contributed by atoms with Gasteiger partial charge in [0.15, 0.2) is 0 Å². The molecular weight excluding hydrogens is 240 g/mol. The van der Waals surface area contributed by atoms with Crippen LogP contribution >= 0.6 is 0 Å². The van der Waals surface area contributed by atoms with Crippen LogP contribution in [-0.4, -0.2) is 44.6 Å². The lowest BCUT2D eigenvalue weighted by Gasteiger charge is -2.13. The third kappa shape index (κ3) is 2.96. The van der Waals surface area contributed by atoms with Crippen molar-refractivity contribution in [3.63, 3.8) is 0 Å². The third-order valence-corrected chi connectivity index (χ3v) is 4.40. The van der Waals surface area contributed by atoms with E-state index < -0.39 is 10.0 Å². The molecule has 1 fully saturated rings. The first-order valence-electron chi connectivity index (χ1n) is 5.47. The van der Waals surface area contributed by atoms with Crippen molar-refractivity contribution in [1.29, 1.82) is 0 Å². The quantitative estimate of drug-likeness (QED) is 0.820. The molecule has 2 N–H and O–H groups in total. The SMILES string of the molecule is CN1CCC(NS(=O)(=O)c2ccc(O)cc2)C1. The number of hydrogen-bond acceptors (Lipinski definition) is 4. The molecule has 0 amide bonds. The van der Waals surface area contributed by atoms with Crippen molar-refractivity contribution >= 4 is 10.0 Å². The molecule has 1 aliphatic rings. The average Bonchev–Trinajstić information content (AvgIpc) is 2.63. The van der Waals surface area contributed by atoms with Crippen LogP contribution in [-0.2, 0) is 10.0 Å². The second kappa shape index (κ2) is 4.64. The summed E-state index contributed by atoms with van der Waals surface area (Å²) < 4.78 is 26.7. The Morgan fingerprint density at radius 2 is 2.00 bits per heavy atom. The molecule has 1 unspecified atom stereocenters. The molecule has 0 radical (unpaired) electrons. The van der Waals surface area contributed by atoms with Crippen LogP contribution in [0.15, 0.2) is 29.2 Å². The van der Waals surface area contributed by atoms with Crippen LogP contribution in [0, 0.1) is 0 Å². The summed E-state index contributed by atoms with van der Waals surface area (Å²) in [5.41, 5.74) is 0. The lowest BCUT2D eigenvalue weighted by atomic mass is 10.3. The largest absolute Gasteiger partial charge is 0.508 e. The van der Waals surface area contributed by atoms with E-state index in [1.54, 1.807) is 0 Å². The number of nitrogens with zero attached hydrogens (tertiary/aromatic N) is 1. The van der Waals surface area contributed by atoms with Crippen molar-refractivity contribution < 1.29 is 13.5 Å². The molecule has 1 atom stereocenters. The van der Waals surface area contributed by atoms with E-state index in [4.69, 9.17) is 5.11 Å². The first kappa shape index (κ1) is 12.3. The zero-order valence-corrected chi connectivity index (χ0v) is 10.4. The van der Waals surface area contributed by atoms with Gasteiger partial charge in [-0.1, -0.05) is 0 Å². The molecule has 94 valence electrons. The molecule has 1 heterocycles. The summed E-state index contributed by atoms with van der Waals surface area (Å²) in [7, 11) is -1.50. The molecule has 0 spiro atoms. The fraction of sp³-hybridized carbons (Fsp3) is 0.455. The van der Waals surface area contributed by atoms with Gasteiger partial charge in [0.25, 0.3) is 0 Å². The highest BCUT2D eigenvalue weighted by atomic mass is 32.2. The molecule has 1 aromatic carbocycles. The maximum atomic E-state index is 12.0. The Bertz CT molecular complexity index is 484. The van der Waals surface area contributed by atoms with Crippen LogP contribution in [0.5, 0.6) is 5.75 Å². The Balaban J connectivity index is 2.11. The molecule has 17 heavy (non-hydrogen) atoms. The fourth-order valence-corrected chi connectivity index (χ4v) is 3.21. The summed E-state index contributed by atoms with van der Waals surface area (Å²) in [5.74, 6) is 0.0598. The number of phenols is 1. The average molecular weight is 256 g/mol. The van der Waals surface area contributed by atoms with Crippen molar-refractivity contribution in [3.8, 4) is 5.75 Å². The number of phenolic OH excluding ortho intramolecular Hbond substituents is 1. The predicted molar refractivity (Wildman–Crippen MR) is 64.3 cm³/mol. The minimum atomic E-state index is -3.47. The van der Waals surface area contributed by atoms with Crippen molar-refractivity contribution in [1.82, 2.24) is 9.62 Å². The summed E-state index contributed by atoms with van der Waals surface area (Å²) in [5, 5.41) is 9.12. The van der Waals surface area contributed by atoms with Gasteiger partial charge in [-0.2, -0.15) is 0 Å². The van der Waals surface area contributed by atoms with Gasteiger partial charge >= 0.3 is 0 Å². The summed E-state index contributed by atoms with van der Waals surface area (Å²) in [6, 6.07) is 5.51. The zero-order chi connectivity index (χ0) is 12.5. The highest BCUT2D eigenvalue weighted by molar-refractivity contribution is 7.89. The summed E-state index contributed by atoms with van der Waals surface area (Å²) in [6.45, 7) is 1.64. The number of aromatic hydroxyl groups is 1. The highest BCUT2D eigenvalue weighted by Gasteiger charge is 2.25. The maximum Gasteiger partial charge on any atom is 0.240 e. The van der Waals surface area contributed by atoms with Crippen molar-refractivity contribution in [2.45, 2.75) is 17.4 Å². The van der Waals surface area contributed by atoms with Crippen LogP contribution in [0.25, 0.3) is 0 Å². The van der Waals surface area contributed by atoms with Crippen LogP contribution in [0.4, 0.5) is 0 Å². The smallest absolute Gasteiger partial charge is 0.240 e. The first-order valence-corrected chi connectivity index (χ1v) is 6.95. The van der Waals surface area contributed by atoms with E-state index >= 15 is 0 Å². The van der Waals surface area contributed by atoms with Crippen LogP contribution < -0.4 is 4.72 Å². The fourth-order valence-electron chi connectivity index (χ4n) is 1.94. The Morgan fingerprint density at radius 1 is 1.35 bits per heavy atom. The van der Waals surface area contributed by atoms with Gasteiger partial charge < -0.3 is 10.0 Å². The monoisotopic (exact) mass is 256 g/mol. The number of nitrogens with one attached hydrogen (secondary N) is 1. The molecule has 1 aliphatic heterocycles. The number of benzene rings is 1. The van der Waals surface area contributed by atoms with Gasteiger partial charge in [0, 0.05) is 12.6 Å². The Kier molecular flexibility index (Phi) is 3.37. The summed E-state index contributed by atoms with van der Waals surface area (Å²) in [4.78, 5) is 2.27. The van der Waals surface area contributed by atoms with Crippen molar-refractivity contribution in [2.24, 2.45) is 0 Å². The molecule has 1 aromatic rings. The molecule has 0 aromatic heterocycles. The van der Waals surface area contributed by atoms with Gasteiger partial charge in [-0.25, -0.2) is 13.1 Å². The molecular formula is C11H16N2O3S. The third-order valence-electron chi connectivity index (χ3n) is 2.86. The number of likely N-dealkylation sites (N-methyl/N-ethyl adjacent to an activating group) is 1. The lowest BCUT2D eigenvalue weighted by molar-refractivity contribution is 0.407. The van der Waals surface area contributed by atoms with E-state index in [1.807, 2.05) is 7.05 Å². The Labute approximate surface area is 101 Å². The lowest BCUT2D eigenvalue weighted by Crippen LogP contribution is -2.36. The van der Waals surface area contributed by atoms with E-state index in [0.29, 0.717) is 0 Å². The molecule has 1 saturated heterocycles. The van der Waals surface area contributed by atoms with Gasteiger partial charge in [-0.05, 0) is 44.3 Å². The van der Waals surface area contributed by atoms with Crippen molar-refractivity contribution in [3.05, 3.63) is 24.3 Å². The normalized spacial score (nSPS) is 21.8. The number of hydrogen-bond donors (Lipinski definition) is 2. The van der Waals surface area contributed by atoms with E-state index in [-0.39, 0.29) is 16.7 Å². The molecule has 0 saturated carbocycles. The minimum Gasteiger partial charge on any atom is -0.508 e. The molecule has 5 nitrogen and oxygen atoms in total. The first-order chi connectivity index (χ1) is 7.97. The number of likely N-dealkylation sites (tertiary alicyclic amines) is 1. The molecule has 6 heteroatoms. The Hall–Kier alpha value is -1.11. The standard InChI is InChI=1S/C11H16N2O3S/c1-13-7-6-9(8-13)12-17(15,16)11-4-2-10(14)3-5-11/h2-5,9,12,14H,6-8H2,1H3. The van der Waals surface area contributed by atoms with Crippen LogP contribution in [0.1, 0.15) is 6.42 Å². The van der Waals surface area contributed by atoms with Crippen LogP contribution in [0.2, 0.25) is 0 Å². The van der Waals surface area contributed by atoms with Gasteiger partial charge in [0.2, 0.25) is 10.0 Å². The summed E-state index contributed by atoms with van der Waals surface area (Å²) in [6.07, 6.45) is 0.827. The predicted octanol–water partition coefficient (Wildman–Crippen LogP) is 0.375. The minimum absolute atomic E-state index is 0.0289. The number of rotatable bonds is 3. The number of sulfonamides is 1. The Morgan fingerprint density at radius 3 is 2.53 bits per heavy atom. The van der Waals surface area contributed by atoms with E-state index in [1.165, 1.54) is 24.3 Å². The van der Waals surface area contributed by atoms with E-state index in [0.717, 1.165) is 19.5 Å². The second-order valence-corrected chi connectivity index (χ2v) is 6.08. The zero-order valence-electron chi connectivity index (χ0n) is 9.63. The molecule has 0 bridgehead atoms. The van der Waals surface area contributed by atoms with Gasteiger partial charge in [-0.3, -0.25) is 0 Å². The van der Waals surface area contributed by atoms with E-state index in [2.05, 4.69) is 9.62 Å². The molecule has 2 rings (SSSR count). The van der Waals surface area contributed by atoms with E-state index in [9.17, 15) is 8.42 Å². The van der Waals surface area contributed by atoms with Gasteiger partial charge in [0.05, 0.1) is 4.90 Å². The van der Waals surface area contributed by atoms with Gasteiger partial charge in [0.1, 0.15) is 5.75 Å². The highest BCUT2D eigenvalue weighted by Crippen LogP contribution is 2.16. The molecule has 0 aliphatic carbocycles. The van der Waals surface area contributed by atoms with Crippen LogP contribution in [0.3, 0.4) is 0 Å². The second-order valence-electron chi connectivity index (χ2n) is 4.36.